The average molecular weight is 291 g/mol. The van der Waals surface area contributed by atoms with Gasteiger partial charge in [-0.15, -0.1) is 0 Å². The molecule has 0 saturated carbocycles. The Balaban J connectivity index is 2.12. The number of hydrogen-bond acceptors (Lipinski definition) is 1. The summed E-state index contributed by atoms with van der Waals surface area (Å²) in [4.78, 5) is 14.2. The van der Waals surface area contributed by atoms with Crippen LogP contribution in [-0.4, -0.2) is 23.4 Å². The summed E-state index contributed by atoms with van der Waals surface area (Å²) in [7, 11) is 0. The quantitative estimate of drug-likeness (QED) is 0.771. The molecule has 1 heterocycles. The molecule has 0 aromatic heterocycles. The fourth-order valence-corrected chi connectivity index (χ4v) is 3.50. The van der Waals surface area contributed by atoms with E-state index in [0.29, 0.717) is 0 Å². The van der Waals surface area contributed by atoms with Crippen LogP contribution < -0.4 is 0 Å². The minimum atomic E-state index is 0.0150. The number of hydrogen-bond donors (Lipinski definition) is 0. The molecule has 0 spiro atoms. The smallest absolute Gasteiger partial charge is 0.246 e. The normalized spacial score (nSPS) is 20.9. The molecule has 2 aromatic rings. The van der Waals surface area contributed by atoms with Crippen LogP contribution in [0.2, 0.25) is 0 Å². The number of amides is 1. The molecule has 1 amide bonds. The van der Waals surface area contributed by atoms with Crippen molar-refractivity contribution in [3.8, 4) is 0 Å². The highest BCUT2D eigenvalue weighted by atomic mass is 16.2. The molecule has 1 aliphatic rings. The second kappa shape index (κ2) is 6.18. The van der Waals surface area contributed by atoms with Gasteiger partial charge in [-0.05, 0) is 36.1 Å². The van der Waals surface area contributed by atoms with Gasteiger partial charge in [-0.3, -0.25) is 4.79 Å². The molecule has 3 rings (SSSR count). The molecule has 2 atom stereocenters. The summed E-state index contributed by atoms with van der Waals surface area (Å²) in [6.07, 6.45) is 2.32. The maximum absolute atomic E-state index is 12.3. The summed E-state index contributed by atoms with van der Waals surface area (Å²) < 4.78 is 0. The Bertz CT molecular complexity index is 677. The second-order valence-corrected chi connectivity index (χ2v) is 5.81. The lowest BCUT2D eigenvalue weighted by atomic mass is 9.83. The van der Waals surface area contributed by atoms with E-state index in [1.54, 1.807) is 0 Å². The Kier molecular flexibility index (Phi) is 4.10. The second-order valence-electron chi connectivity index (χ2n) is 5.81. The highest BCUT2D eigenvalue weighted by molar-refractivity contribution is 5.87. The van der Waals surface area contributed by atoms with Gasteiger partial charge in [0.1, 0.15) is 0 Å². The third-order valence-electron chi connectivity index (χ3n) is 4.60. The van der Waals surface area contributed by atoms with Gasteiger partial charge < -0.3 is 4.90 Å². The predicted molar refractivity (Wildman–Crippen MR) is 89.8 cm³/mol. The van der Waals surface area contributed by atoms with E-state index in [4.69, 9.17) is 0 Å². The molecule has 0 unspecified atom stereocenters. The highest BCUT2D eigenvalue weighted by Gasteiger charge is 2.32. The van der Waals surface area contributed by atoms with Gasteiger partial charge in [-0.25, -0.2) is 0 Å². The maximum Gasteiger partial charge on any atom is 0.246 e. The van der Waals surface area contributed by atoms with Gasteiger partial charge in [0.25, 0.3) is 0 Å². The monoisotopic (exact) mass is 291 g/mol. The van der Waals surface area contributed by atoms with Crippen LogP contribution in [0.25, 0.3) is 0 Å². The SMILES string of the molecule is C=CC(=O)N1CCc2ccccc2[C@H](c2ccccc2)[C@@H]1C. The lowest BCUT2D eigenvalue weighted by molar-refractivity contribution is -0.128. The Morgan fingerprint density at radius 3 is 2.55 bits per heavy atom. The van der Waals surface area contributed by atoms with Gasteiger partial charge in [-0.2, -0.15) is 0 Å². The van der Waals surface area contributed by atoms with E-state index in [1.165, 1.54) is 22.8 Å². The van der Waals surface area contributed by atoms with E-state index >= 15 is 0 Å². The molecule has 2 heteroatoms. The molecule has 0 radical (unpaired) electrons. The summed E-state index contributed by atoms with van der Waals surface area (Å²) in [6.45, 7) is 6.54. The van der Waals surface area contributed by atoms with Gasteiger partial charge >= 0.3 is 0 Å². The number of carbonyl (C=O) groups excluding carboxylic acids is 1. The molecule has 112 valence electrons. The summed E-state index contributed by atoms with van der Waals surface area (Å²) in [5, 5.41) is 0. The minimum Gasteiger partial charge on any atom is -0.335 e. The number of carbonyl (C=O) groups is 1. The Morgan fingerprint density at radius 2 is 1.82 bits per heavy atom. The van der Waals surface area contributed by atoms with Crippen molar-refractivity contribution in [2.24, 2.45) is 0 Å². The lowest BCUT2D eigenvalue weighted by Gasteiger charge is -2.32. The first-order valence-corrected chi connectivity index (χ1v) is 7.78. The fraction of sp³-hybridized carbons (Fsp3) is 0.250. The molecular weight excluding hydrogens is 270 g/mol. The zero-order valence-electron chi connectivity index (χ0n) is 12.9. The highest BCUT2D eigenvalue weighted by Crippen LogP contribution is 2.35. The zero-order valence-corrected chi connectivity index (χ0v) is 12.9. The standard InChI is InChI=1S/C20H21NO/c1-3-19(22)21-14-13-16-9-7-8-12-18(16)20(15(21)2)17-10-5-4-6-11-17/h3-12,15,20H,1,13-14H2,2H3/t15-,20-/m0/s1. The average Bonchev–Trinajstić information content (AvgIpc) is 2.71. The minimum absolute atomic E-state index is 0.0150. The first-order valence-electron chi connectivity index (χ1n) is 7.78. The molecular formula is C20H21NO. The Hall–Kier alpha value is -2.35. The molecule has 1 aliphatic heterocycles. The van der Waals surface area contributed by atoms with Gasteiger partial charge in [0.2, 0.25) is 5.91 Å². The van der Waals surface area contributed by atoms with Crippen LogP contribution in [0.15, 0.2) is 67.3 Å². The third-order valence-corrected chi connectivity index (χ3v) is 4.60. The number of fused-ring (bicyclic) bond motifs is 1. The van der Waals surface area contributed by atoms with E-state index < -0.39 is 0 Å². The van der Waals surface area contributed by atoms with Crippen LogP contribution in [0.1, 0.15) is 29.5 Å². The van der Waals surface area contributed by atoms with Crippen molar-refractivity contribution in [2.75, 3.05) is 6.54 Å². The van der Waals surface area contributed by atoms with Gasteiger partial charge in [0.05, 0.1) is 0 Å². The molecule has 0 bridgehead atoms. The van der Waals surface area contributed by atoms with Crippen LogP contribution in [-0.2, 0) is 11.2 Å². The predicted octanol–water partition coefficient (Wildman–Crippen LogP) is 3.78. The summed E-state index contributed by atoms with van der Waals surface area (Å²) >= 11 is 0. The largest absolute Gasteiger partial charge is 0.335 e. The van der Waals surface area contributed by atoms with Crippen LogP contribution in [0.5, 0.6) is 0 Å². The van der Waals surface area contributed by atoms with Gasteiger partial charge in [0, 0.05) is 18.5 Å². The third kappa shape index (κ3) is 2.57. The van der Waals surface area contributed by atoms with Crippen LogP contribution in [0.4, 0.5) is 0 Å². The van der Waals surface area contributed by atoms with Crippen molar-refractivity contribution in [3.05, 3.63) is 83.9 Å². The van der Waals surface area contributed by atoms with Crippen molar-refractivity contribution in [1.29, 1.82) is 0 Å². The molecule has 0 saturated heterocycles. The van der Waals surface area contributed by atoms with Crippen LogP contribution in [0, 0.1) is 0 Å². The van der Waals surface area contributed by atoms with Crippen molar-refractivity contribution in [3.63, 3.8) is 0 Å². The Labute approximate surface area is 132 Å². The van der Waals surface area contributed by atoms with Crippen molar-refractivity contribution >= 4 is 5.91 Å². The number of benzene rings is 2. The number of rotatable bonds is 2. The summed E-state index contributed by atoms with van der Waals surface area (Å²) in [5.41, 5.74) is 3.93. The van der Waals surface area contributed by atoms with E-state index in [9.17, 15) is 4.79 Å². The van der Waals surface area contributed by atoms with Crippen LogP contribution >= 0.6 is 0 Å². The van der Waals surface area contributed by atoms with Crippen molar-refractivity contribution < 1.29 is 4.79 Å². The maximum atomic E-state index is 12.3. The first-order chi connectivity index (χ1) is 10.7. The zero-order chi connectivity index (χ0) is 15.5. The van der Waals surface area contributed by atoms with Crippen LogP contribution in [0.3, 0.4) is 0 Å². The molecule has 22 heavy (non-hydrogen) atoms. The first kappa shape index (κ1) is 14.6. The lowest BCUT2D eigenvalue weighted by Crippen LogP contribution is -2.41. The molecule has 0 N–H and O–H groups in total. The fourth-order valence-electron chi connectivity index (χ4n) is 3.50. The molecule has 0 fully saturated rings. The molecule has 0 aliphatic carbocycles. The van der Waals surface area contributed by atoms with Crippen molar-refractivity contribution in [2.45, 2.75) is 25.3 Å². The van der Waals surface area contributed by atoms with Crippen molar-refractivity contribution in [1.82, 2.24) is 4.90 Å². The van der Waals surface area contributed by atoms with Gasteiger partial charge in [-0.1, -0.05) is 61.2 Å². The topological polar surface area (TPSA) is 20.3 Å². The summed E-state index contributed by atoms with van der Waals surface area (Å²) in [6, 6.07) is 19.1. The van der Waals surface area contributed by atoms with E-state index in [0.717, 1.165) is 13.0 Å². The summed E-state index contributed by atoms with van der Waals surface area (Å²) in [5.74, 6) is 0.213. The number of nitrogens with zero attached hydrogens (tertiary/aromatic N) is 1. The van der Waals surface area contributed by atoms with Gasteiger partial charge in [0.15, 0.2) is 0 Å². The Morgan fingerprint density at radius 1 is 1.14 bits per heavy atom. The van der Waals surface area contributed by atoms with E-state index in [-0.39, 0.29) is 17.9 Å². The van der Waals surface area contributed by atoms with E-state index in [1.807, 2.05) is 11.0 Å². The molecule has 2 aromatic carbocycles. The molecule has 2 nitrogen and oxygen atoms in total. The van der Waals surface area contributed by atoms with E-state index in [2.05, 4.69) is 62.0 Å².